The lowest BCUT2D eigenvalue weighted by atomic mass is 10.3. The van der Waals surface area contributed by atoms with Crippen LogP contribution in [0.4, 0.5) is 5.13 Å². The molecule has 2 aromatic rings. The fraction of sp³-hybridized carbons (Fsp3) is 0.214. The van der Waals surface area contributed by atoms with E-state index in [0.717, 1.165) is 16.6 Å². The highest BCUT2D eigenvalue weighted by atomic mass is 32.1. The van der Waals surface area contributed by atoms with Crippen molar-refractivity contribution in [3.8, 4) is 0 Å². The van der Waals surface area contributed by atoms with Gasteiger partial charge in [0.05, 0.1) is 10.6 Å². The van der Waals surface area contributed by atoms with Crippen LogP contribution < -0.4 is 5.32 Å². The van der Waals surface area contributed by atoms with Crippen molar-refractivity contribution in [2.24, 2.45) is 0 Å². The number of carbonyl (C=O) groups is 2. The zero-order chi connectivity index (χ0) is 14.8. The summed E-state index contributed by atoms with van der Waals surface area (Å²) < 4.78 is 0. The Morgan fingerprint density at radius 1 is 1.38 bits per heavy atom. The molecule has 2 heterocycles. The Labute approximate surface area is 129 Å². The standard InChI is InChI=1S/C14H12N2O3S2/c17-12(18)6-4-9-3-5-11(21-9)13(19)16-14-15-10(7-20-14)8-1-2-8/h3-8H,1-2H2,(H,17,18)(H,15,16,19). The van der Waals surface area contributed by atoms with Crippen LogP contribution >= 0.6 is 22.7 Å². The first kappa shape index (κ1) is 14.0. The third-order valence-corrected chi connectivity index (χ3v) is 4.80. The number of rotatable bonds is 5. The lowest BCUT2D eigenvalue weighted by Crippen LogP contribution is -2.09. The molecule has 0 saturated heterocycles. The van der Waals surface area contributed by atoms with Crippen molar-refractivity contribution < 1.29 is 14.7 Å². The molecule has 21 heavy (non-hydrogen) atoms. The molecular weight excluding hydrogens is 308 g/mol. The number of nitrogens with zero attached hydrogens (tertiary/aromatic N) is 1. The van der Waals surface area contributed by atoms with E-state index in [4.69, 9.17) is 5.11 Å². The Balaban J connectivity index is 1.65. The van der Waals surface area contributed by atoms with Crippen LogP contribution in [0, 0.1) is 0 Å². The summed E-state index contributed by atoms with van der Waals surface area (Å²) in [5, 5.41) is 13.9. The molecule has 108 valence electrons. The van der Waals surface area contributed by atoms with Crippen molar-refractivity contribution in [2.75, 3.05) is 5.32 Å². The van der Waals surface area contributed by atoms with Gasteiger partial charge in [0.25, 0.3) is 5.91 Å². The number of anilines is 1. The van der Waals surface area contributed by atoms with Crippen LogP contribution in [0.25, 0.3) is 6.08 Å². The molecule has 1 amide bonds. The Morgan fingerprint density at radius 3 is 2.90 bits per heavy atom. The fourth-order valence-electron chi connectivity index (χ4n) is 1.79. The van der Waals surface area contributed by atoms with Crippen molar-refractivity contribution in [1.29, 1.82) is 0 Å². The summed E-state index contributed by atoms with van der Waals surface area (Å²) >= 11 is 2.67. The van der Waals surface area contributed by atoms with Gasteiger partial charge < -0.3 is 5.11 Å². The Kier molecular flexibility index (Phi) is 3.85. The average molecular weight is 320 g/mol. The third kappa shape index (κ3) is 3.56. The number of aliphatic carboxylic acids is 1. The highest BCUT2D eigenvalue weighted by molar-refractivity contribution is 7.15. The third-order valence-electron chi connectivity index (χ3n) is 2.98. The summed E-state index contributed by atoms with van der Waals surface area (Å²) in [4.78, 5) is 28.2. The number of hydrogen-bond donors (Lipinski definition) is 2. The molecule has 1 fully saturated rings. The predicted molar refractivity (Wildman–Crippen MR) is 83.0 cm³/mol. The lowest BCUT2D eigenvalue weighted by molar-refractivity contribution is -0.131. The van der Waals surface area contributed by atoms with E-state index in [1.807, 2.05) is 5.38 Å². The second-order valence-corrected chi connectivity index (χ2v) is 6.65. The maximum absolute atomic E-state index is 12.1. The van der Waals surface area contributed by atoms with E-state index in [1.54, 1.807) is 12.1 Å². The van der Waals surface area contributed by atoms with E-state index in [0.29, 0.717) is 15.9 Å². The molecular formula is C14H12N2O3S2. The molecule has 0 spiro atoms. The maximum atomic E-state index is 12.1. The van der Waals surface area contributed by atoms with Crippen molar-refractivity contribution in [1.82, 2.24) is 4.98 Å². The van der Waals surface area contributed by atoms with Gasteiger partial charge in [-0.25, -0.2) is 9.78 Å². The molecule has 1 saturated carbocycles. The summed E-state index contributed by atoms with van der Waals surface area (Å²) in [7, 11) is 0. The Bertz CT molecular complexity index is 713. The quantitative estimate of drug-likeness (QED) is 0.827. The van der Waals surface area contributed by atoms with Gasteiger partial charge >= 0.3 is 5.97 Å². The number of thiophene rings is 1. The van der Waals surface area contributed by atoms with E-state index >= 15 is 0 Å². The molecule has 0 radical (unpaired) electrons. The molecule has 0 bridgehead atoms. The SMILES string of the molecule is O=C(O)C=Cc1ccc(C(=O)Nc2nc(C3CC3)cs2)s1. The normalized spacial score (nSPS) is 14.5. The second kappa shape index (κ2) is 5.79. The summed E-state index contributed by atoms with van der Waals surface area (Å²) in [6.07, 6.45) is 4.89. The number of amides is 1. The van der Waals surface area contributed by atoms with Crippen molar-refractivity contribution in [2.45, 2.75) is 18.8 Å². The molecule has 0 aliphatic heterocycles. The van der Waals surface area contributed by atoms with Gasteiger partial charge in [-0.2, -0.15) is 0 Å². The smallest absolute Gasteiger partial charge is 0.328 e. The number of thiazole rings is 1. The molecule has 1 aliphatic rings. The summed E-state index contributed by atoms with van der Waals surface area (Å²) in [6.45, 7) is 0. The molecule has 3 rings (SSSR count). The van der Waals surface area contributed by atoms with Gasteiger partial charge in [-0.3, -0.25) is 10.1 Å². The number of nitrogens with one attached hydrogen (secondary N) is 1. The second-order valence-electron chi connectivity index (χ2n) is 4.68. The number of carboxylic acid groups (broad SMARTS) is 1. The molecule has 2 N–H and O–H groups in total. The van der Waals surface area contributed by atoms with Gasteiger partial charge in [0.1, 0.15) is 0 Å². The first-order valence-electron chi connectivity index (χ1n) is 6.39. The minimum absolute atomic E-state index is 0.216. The summed E-state index contributed by atoms with van der Waals surface area (Å²) in [5.74, 6) is -0.655. The van der Waals surface area contributed by atoms with E-state index < -0.39 is 5.97 Å². The lowest BCUT2D eigenvalue weighted by Gasteiger charge is -1.97. The maximum Gasteiger partial charge on any atom is 0.328 e. The molecule has 2 aromatic heterocycles. The van der Waals surface area contributed by atoms with Crippen LogP contribution in [-0.4, -0.2) is 22.0 Å². The highest BCUT2D eigenvalue weighted by Gasteiger charge is 2.26. The minimum atomic E-state index is -1.01. The van der Waals surface area contributed by atoms with Crippen molar-refractivity contribution in [3.05, 3.63) is 39.0 Å². The van der Waals surface area contributed by atoms with Crippen LogP contribution in [0.15, 0.2) is 23.6 Å². The fourth-order valence-corrected chi connectivity index (χ4v) is 3.38. The molecule has 7 heteroatoms. The predicted octanol–water partition coefficient (Wildman–Crippen LogP) is 3.43. The first-order valence-corrected chi connectivity index (χ1v) is 8.09. The van der Waals surface area contributed by atoms with Crippen LogP contribution in [0.1, 0.15) is 39.0 Å². The van der Waals surface area contributed by atoms with Crippen molar-refractivity contribution in [3.63, 3.8) is 0 Å². The monoisotopic (exact) mass is 320 g/mol. The molecule has 0 unspecified atom stereocenters. The van der Waals surface area contributed by atoms with Crippen LogP contribution in [0.3, 0.4) is 0 Å². The zero-order valence-corrected chi connectivity index (χ0v) is 12.5. The van der Waals surface area contributed by atoms with E-state index in [1.165, 1.54) is 41.6 Å². The topological polar surface area (TPSA) is 79.3 Å². The number of hydrogen-bond acceptors (Lipinski definition) is 5. The van der Waals surface area contributed by atoms with Crippen LogP contribution in [-0.2, 0) is 4.79 Å². The first-order chi connectivity index (χ1) is 10.1. The molecule has 5 nitrogen and oxygen atoms in total. The van der Waals surface area contributed by atoms with Gasteiger partial charge in [-0.05, 0) is 31.1 Å². The number of carboxylic acids is 1. The Hall–Kier alpha value is -1.99. The number of aromatic nitrogens is 1. The highest BCUT2D eigenvalue weighted by Crippen LogP contribution is 2.40. The van der Waals surface area contributed by atoms with Gasteiger partial charge in [0, 0.05) is 22.3 Å². The molecule has 0 atom stereocenters. The van der Waals surface area contributed by atoms with E-state index in [2.05, 4.69) is 10.3 Å². The summed E-state index contributed by atoms with van der Waals surface area (Å²) in [6, 6.07) is 3.40. The van der Waals surface area contributed by atoms with Crippen LogP contribution in [0.2, 0.25) is 0 Å². The average Bonchev–Trinajstić information content (AvgIpc) is 3.01. The molecule has 0 aromatic carbocycles. The molecule has 1 aliphatic carbocycles. The van der Waals surface area contributed by atoms with Gasteiger partial charge in [0.15, 0.2) is 5.13 Å². The zero-order valence-electron chi connectivity index (χ0n) is 10.9. The van der Waals surface area contributed by atoms with E-state index in [9.17, 15) is 9.59 Å². The summed E-state index contributed by atoms with van der Waals surface area (Å²) in [5.41, 5.74) is 1.06. The van der Waals surface area contributed by atoms with Gasteiger partial charge in [-0.15, -0.1) is 22.7 Å². The number of carbonyl (C=O) groups excluding carboxylic acids is 1. The van der Waals surface area contributed by atoms with Gasteiger partial charge in [0.2, 0.25) is 0 Å². The minimum Gasteiger partial charge on any atom is -0.478 e. The Morgan fingerprint density at radius 2 is 2.19 bits per heavy atom. The van der Waals surface area contributed by atoms with E-state index in [-0.39, 0.29) is 5.91 Å². The van der Waals surface area contributed by atoms with Gasteiger partial charge in [-0.1, -0.05) is 0 Å². The van der Waals surface area contributed by atoms with Crippen molar-refractivity contribution >= 4 is 45.8 Å². The van der Waals surface area contributed by atoms with Crippen LogP contribution in [0.5, 0.6) is 0 Å². The largest absolute Gasteiger partial charge is 0.478 e.